The van der Waals surface area contributed by atoms with E-state index in [1.807, 2.05) is 36.5 Å². The molecular formula is C23H28N4O3. The SMILES string of the molecule is O=C(CCCn1c(=O)oc2ccccc21)NCc1ccc(N2CCCCCC2)nc1. The Bertz CT molecular complexity index is 1030. The maximum Gasteiger partial charge on any atom is 0.419 e. The van der Waals surface area contributed by atoms with Crippen LogP contribution in [0, 0.1) is 0 Å². The van der Waals surface area contributed by atoms with Crippen molar-refractivity contribution in [1.82, 2.24) is 14.9 Å². The minimum Gasteiger partial charge on any atom is -0.408 e. The highest BCUT2D eigenvalue weighted by Gasteiger charge is 2.11. The third-order valence-corrected chi connectivity index (χ3v) is 5.59. The van der Waals surface area contributed by atoms with Crippen LogP contribution in [0.25, 0.3) is 11.1 Å². The van der Waals surface area contributed by atoms with E-state index in [4.69, 9.17) is 4.42 Å². The first-order valence-electron chi connectivity index (χ1n) is 10.8. The Morgan fingerprint density at radius 2 is 1.87 bits per heavy atom. The monoisotopic (exact) mass is 408 g/mol. The fourth-order valence-corrected chi connectivity index (χ4v) is 3.92. The second kappa shape index (κ2) is 9.61. The number of aromatic nitrogens is 2. The Morgan fingerprint density at radius 1 is 1.07 bits per heavy atom. The first kappa shape index (κ1) is 20.2. The maximum absolute atomic E-state index is 12.2. The van der Waals surface area contributed by atoms with Gasteiger partial charge in [-0.15, -0.1) is 0 Å². The Kier molecular flexibility index (Phi) is 6.47. The van der Waals surface area contributed by atoms with E-state index in [0.29, 0.717) is 31.5 Å². The van der Waals surface area contributed by atoms with Crippen LogP contribution in [0.4, 0.5) is 5.82 Å². The number of rotatable bonds is 7. The molecule has 2 aromatic heterocycles. The molecule has 3 heterocycles. The van der Waals surface area contributed by atoms with Crippen LogP contribution in [0.3, 0.4) is 0 Å². The zero-order valence-electron chi connectivity index (χ0n) is 17.2. The third-order valence-electron chi connectivity index (χ3n) is 5.59. The van der Waals surface area contributed by atoms with Crippen molar-refractivity contribution in [2.24, 2.45) is 0 Å². The number of benzene rings is 1. The number of carbonyl (C=O) groups is 1. The number of hydrogen-bond acceptors (Lipinski definition) is 5. The highest BCUT2D eigenvalue weighted by atomic mass is 16.4. The van der Waals surface area contributed by atoms with Gasteiger partial charge in [-0.3, -0.25) is 9.36 Å². The van der Waals surface area contributed by atoms with E-state index in [0.717, 1.165) is 30.0 Å². The van der Waals surface area contributed by atoms with E-state index < -0.39 is 0 Å². The number of pyridine rings is 1. The minimum absolute atomic E-state index is 0.0348. The summed E-state index contributed by atoms with van der Waals surface area (Å²) in [6, 6.07) is 11.4. The second-order valence-electron chi connectivity index (χ2n) is 7.79. The van der Waals surface area contributed by atoms with Crippen molar-refractivity contribution in [3.05, 3.63) is 58.7 Å². The van der Waals surface area contributed by atoms with Gasteiger partial charge in [0.25, 0.3) is 0 Å². The molecule has 1 aliphatic rings. The van der Waals surface area contributed by atoms with Crippen molar-refractivity contribution in [3.63, 3.8) is 0 Å². The fraction of sp³-hybridized carbons (Fsp3) is 0.435. The summed E-state index contributed by atoms with van der Waals surface area (Å²) in [6.45, 7) is 3.05. The summed E-state index contributed by atoms with van der Waals surface area (Å²) in [5, 5.41) is 2.94. The minimum atomic E-state index is -0.382. The van der Waals surface area contributed by atoms with Gasteiger partial charge in [-0.2, -0.15) is 0 Å². The molecule has 1 aromatic carbocycles. The largest absolute Gasteiger partial charge is 0.419 e. The topological polar surface area (TPSA) is 80.4 Å². The van der Waals surface area contributed by atoms with E-state index in [1.165, 1.54) is 25.7 Å². The van der Waals surface area contributed by atoms with Crippen LogP contribution < -0.4 is 16.0 Å². The van der Waals surface area contributed by atoms with Crippen LogP contribution in [-0.4, -0.2) is 28.5 Å². The molecule has 1 saturated heterocycles. The molecule has 0 radical (unpaired) electrons. The molecular weight excluding hydrogens is 380 g/mol. The number of carbonyl (C=O) groups excluding carboxylic acids is 1. The molecule has 1 aliphatic heterocycles. The number of hydrogen-bond donors (Lipinski definition) is 1. The molecule has 4 rings (SSSR count). The number of fused-ring (bicyclic) bond motifs is 1. The summed E-state index contributed by atoms with van der Waals surface area (Å²) in [5.41, 5.74) is 2.32. The Morgan fingerprint density at radius 3 is 2.63 bits per heavy atom. The lowest BCUT2D eigenvalue weighted by Crippen LogP contribution is -2.25. The molecule has 1 amide bonds. The first-order valence-corrected chi connectivity index (χ1v) is 10.8. The summed E-state index contributed by atoms with van der Waals surface area (Å²) in [4.78, 5) is 31.1. The van der Waals surface area contributed by atoms with Crippen LogP contribution in [-0.2, 0) is 17.9 Å². The number of nitrogens with zero attached hydrogens (tertiary/aromatic N) is 3. The van der Waals surface area contributed by atoms with E-state index in [1.54, 1.807) is 10.6 Å². The van der Waals surface area contributed by atoms with Gasteiger partial charge in [0.05, 0.1) is 5.52 Å². The number of oxazole rings is 1. The molecule has 0 bridgehead atoms. The molecule has 1 N–H and O–H groups in total. The van der Waals surface area contributed by atoms with Gasteiger partial charge in [0.2, 0.25) is 5.91 Å². The summed E-state index contributed by atoms with van der Waals surface area (Å²) in [5.74, 6) is 0.601. The van der Waals surface area contributed by atoms with Crippen LogP contribution in [0.15, 0.2) is 51.8 Å². The lowest BCUT2D eigenvalue weighted by molar-refractivity contribution is -0.121. The zero-order valence-corrected chi connectivity index (χ0v) is 17.2. The summed E-state index contributed by atoms with van der Waals surface area (Å²) < 4.78 is 6.80. The van der Waals surface area contributed by atoms with Crippen LogP contribution >= 0.6 is 0 Å². The zero-order chi connectivity index (χ0) is 20.8. The predicted molar refractivity (Wildman–Crippen MR) is 116 cm³/mol. The lowest BCUT2D eigenvalue weighted by Gasteiger charge is -2.21. The van der Waals surface area contributed by atoms with Crippen molar-refractivity contribution in [2.75, 3.05) is 18.0 Å². The molecule has 1 fully saturated rings. The molecule has 0 unspecified atom stereocenters. The highest BCUT2D eigenvalue weighted by molar-refractivity contribution is 5.76. The Hall–Kier alpha value is -3.09. The van der Waals surface area contributed by atoms with Crippen molar-refractivity contribution in [1.29, 1.82) is 0 Å². The first-order chi connectivity index (χ1) is 14.7. The van der Waals surface area contributed by atoms with E-state index in [-0.39, 0.29) is 11.7 Å². The summed E-state index contributed by atoms with van der Waals surface area (Å²) >= 11 is 0. The van der Waals surface area contributed by atoms with Crippen molar-refractivity contribution < 1.29 is 9.21 Å². The van der Waals surface area contributed by atoms with Crippen LogP contribution in [0.1, 0.15) is 44.1 Å². The van der Waals surface area contributed by atoms with E-state index >= 15 is 0 Å². The quantitative estimate of drug-likeness (QED) is 0.648. The van der Waals surface area contributed by atoms with Crippen LogP contribution in [0.2, 0.25) is 0 Å². The van der Waals surface area contributed by atoms with Crippen molar-refractivity contribution in [2.45, 2.75) is 51.6 Å². The van der Waals surface area contributed by atoms with Crippen molar-refractivity contribution >= 4 is 22.8 Å². The number of nitrogens with one attached hydrogen (secondary N) is 1. The van der Waals surface area contributed by atoms with Gasteiger partial charge in [0, 0.05) is 38.8 Å². The maximum atomic E-state index is 12.2. The molecule has 0 saturated carbocycles. The molecule has 30 heavy (non-hydrogen) atoms. The van der Waals surface area contributed by atoms with Gasteiger partial charge in [0.15, 0.2) is 5.58 Å². The van der Waals surface area contributed by atoms with Gasteiger partial charge in [-0.05, 0) is 43.0 Å². The standard InChI is InChI=1S/C23H28N4O3/c28-22(10-7-15-27-19-8-3-4-9-20(19)30-23(27)29)25-17-18-11-12-21(24-16-18)26-13-5-1-2-6-14-26/h3-4,8-9,11-12,16H,1-2,5-7,10,13-15,17H2,(H,25,28). The molecule has 3 aromatic rings. The lowest BCUT2D eigenvalue weighted by atomic mass is 10.2. The molecule has 158 valence electrons. The third kappa shape index (κ3) is 4.90. The molecule has 7 heteroatoms. The van der Waals surface area contributed by atoms with Crippen molar-refractivity contribution in [3.8, 4) is 0 Å². The predicted octanol–water partition coefficient (Wildman–Crippen LogP) is 3.47. The van der Waals surface area contributed by atoms with Gasteiger partial charge in [0.1, 0.15) is 5.82 Å². The number of aryl methyl sites for hydroxylation is 1. The van der Waals surface area contributed by atoms with E-state index in [2.05, 4.69) is 15.2 Å². The summed E-state index contributed by atoms with van der Waals surface area (Å²) in [6.07, 6.45) is 7.81. The van der Waals surface area contributed by atoms with Gasteiger partial charge < -0.3 is 14.6 Å². The molecule has 7 nitrogen and oxygen atoms in total. The Labute approximate surface area is 175 Å². The normalized spacial score (nSPS) is 14.6. The number of amides is 1. The average Bonchev–Trinajstić information content (AvgIpc) is 2.93. The fourth-order valence-electron chi connectivity index (χ4n) is 3.92. The Balaban J connectivity index is 1.23. The van der Waals surface area contributed by atoms with E-state index in [9.17, 15) is 9.59 Å². The van der Waals surface area contributed by atoms with Gasteiger partial charge in [-0.1, -0.05) is 31.0 Å². The highest BCUT2D eigenvalue weighted by Crippen LogP contribution is 2.17. The molecule has 0 atom stereocenters. The van der Waals surface area contributed by atoms with Crippen LogP contribution in [0.5, 0.6) is 0 Å². The summed E-state index contributed by atoms with van der Waals surface area (Å²) in [7, 11) is 0. The smallest absolute Gasteiger partial charge is 0.408 e. The van der Waals surface area contributed by atoms with Gasteiger partial charge >= 0.3 is 5.76 Å². The molecule has 0 aliphatic carbocycles. The average molecular weight is 409 g/mol. The number of para-hydroxylation sites is 2. The number of anilines is 1. The second-order valence-corrected chi connectivity index (χ2v) is 7.79. The molecule has 0 spiro atoms. The van der Waals surface area contributed by atoms with Gasteiger partial charge in [-0.25, -0.2) is 9.78 Å².